The Morgan fingerprint density at radius 3 is 2.29 bits per heavy atom. The van der Waals surface area contributed by atoms with Crippen LogP contribution < -0.4 is 5.73 Å². The number of nitrogen functional groups attached to an aromatic ring is 1. The van der Waals surface area contributed by atoms with Crippen molar-refractivity contribution >= 4 is 24.0 Å². The summed E-state index contributed by atoms with van der Waals surface area (Å²) < 4.78 is 37.1. The molecule has 4 aliphatic rings. The maximum atomic E-state index is 12.4. The second-order valence-corrected chi connectivity index (χ2v) is 7.76. The van der Waals surface area contributed by atoms with Crippen LogP contribution in [0.5, 0.6) is 0 Å². The molecule has 1 aliphatic heterocycles. The van der Waals surface area contributed by atoms with Crippen LogP contribution in [0.4, 0.5) is 18.9 Å². The molecular formula is C20H29ClF3N3O. The van der Waals surface area contributed by atoms with Gasteiger partial charge in [0.15, 0.2) is 0 Å². The molecule has 2 fully saturated rings. The third-order valence-electron chi connectivity index (χ3n) is 5.83. The highest BCUT2D eigenvalue weighted by Crippen LogP contribution is 2.39. The molecule has 0 spiro atoms. The summed E-state index contributed by atoms with van der Waals surface area (Å²) in [6.45, 7) is 2.03. The fraction of sp³-hybridized carbons (Fsp3) is 0.650. The lowest BCUT2D eigenvalue weighted by Crippen LogP contribution is -2.53. The monoisotopic (exact) mass is 419 g/mol. The van der Waals surface area contributed by atoms with Crippen LogP contribution in [0.25, 0.3) is 11.1 Å². The Hall–Kier alpha value is -1.47. The fourth-order valence-electron chi connectivity index (χ4n) is 4.30. The highest BCUT2D eigenvalue weighted by Gasteiger charge is 2.39. The van der Waals surface area contributed by atoms with E-state index < -0.39 is 18.5 Å². The summed E-state index contributed by atoms with van der Waals surface area (Å²) in [4.78, 5) is 15.5. The Morgan fingerprint density at radius 1 is 1.18 bits per heavy atom. The number of rotatable bonds is 3. The summed E-state index contributed by atoms with van der Waals surface area (Å²) in [5.74, 6) is -0.798. The molecule has 2 N–H and O–H groups in total. The Bertz CT molecular complexity index is 677. The molecule has 3 aliphatic carbocycles. The van der Waals surface area contributed by atoms with Gasteiger partial charge in [0.25, 0.3) is 0 Å². The van der Waals surface area contributed by atoms with Crippen molar-refractivity contribution in [3.63, 3.8) is 0 Å². The Labute approximate surface area is 170 Å². The van der Waals surface area contributed by atoms with Crippen LogP contribution in [0.3, 0.4) is 0 Å². The van der Waals surface area contributed by atoms with Crippen molar-refractivity contribution in [2.24, 2.45) is 0 Å². The highest BCUT2D eigenvalue weighted by molar-refractivity contribution is 5.91. The van der Waals surface area contributed by atoms with Crippen molar-refractivity contribution in [1.82, 2.24) is 9.80 Å². The number of carbonyl (C=O) groups excluding carboxylic acids is 1. The van der Waals surface area contributed by atoms with Gasteiger partial charge >= 0.3 is 6.18 Å². The summed E-state index contributed by atoms with van der Waals surface area (Å²) >= 11 is 0. The number of likely N-dealkylation sites (tertiary alicyclic amines) is 1. The molecule has 1 saturated carbocycles. The molecule has 0 bridgehead atoms. The van der Waals surface area contributed by atoms with E-state index in [-0.39, 0.29) is 24.5 Å². The average Bonchev–Trinajstić information content (AvgIpc) is 3.02. The number of hydrogen-bond donors (Lipinski definition) is 1. The number of nitrogens with two attached hydrogens (primary N) is 1. The first-order chi connectivity index (χ1) is 12.8. The number of fused-ring (bicyclic) bond motifs is 1. The van der Waals surface area contributed by atoms with Gasteiger partial charge in [-0.25, -0.2) is 0 Å². The van der Waals surface area contributed by atoms with E-state index in [0.717, 1.165) is 57.3 Å². The minimum absolute atomic E-state index is 0. The smallest absolute Gasteiger partial charge is 0.397 e. The lowest BCUT2D eigenvalue weighted by atomic mass is 9.88. The van der Waals surface area contributed by atoms with Crippen molar-refractivity contribution in [3.8, 4) is 11.1 Å². The van der Waals surface area contributed by atoms with Crippen LogP contribution in [0.1, 0.15) is 44.9 Å². The molecule has 2 unspecified atom stereocenters. The van der Waals surface area contributed by atoms with E-state index in [2.05, 4.69) is 11.0 Å². The molecule has 1 amide bonds. The normalized spacial score (nSPS) is 23.3. The van der Waals surface area contributed by atoms with Crippen molar-refractivity contribution in [3.05, 3.63) is 18.2 Å². The number of hydrogen-bond acceptors (Lipinski definition) is 3. The number of amides is 1. The summed E-state index contributed by atoms with van der Waals surface area (Å²) in [6, 6.07) is 6.23. The predicted octanol–water partition coefficient (Wildman–Crippen LogP) is 4.48. The SMILES string of the molecule is CN(C(=O)CC(F)(F)F)C1CCCCC1N1CCCC1.Cl.Nc1ccc2cc1-2. The number of likely N-dealkylation sites (N-methyl/N-ethyl adjacent to an activating group) is 1. The lowest BCUT2D eigenvalue weighted by molar-refractivity contribution is -0.163. The number of alkyl halides is 3. The van der Waals surface area contributed by atoms with Crippen molar-refractivity contribution in [1.29, 1.82) is 0 Å². The first kappa shape index (κ1) is 22.8. The average molecular weight is 420 g/mol. The molecule has 4 rings (SSSR count). The zero-order valence-corrected chi connectivity index (χ0v) is 17.0. The van der Waals surface area contributed by atoms with Gasteiger partial charge in [-0.1, -0.05) is 18.9 Å². The number of halogens is 4. The molecule has 8 heteroatoms. The molecule has 0 aromatic carbocycles. The molecule has 0 aromatic heterocycles. The van der Waals surface area contributed by atoms with E-state index in [1.165, 1.54) is 23.1 Å². The van der Waals surface area contributed by atoms with Crippen LogP contribution >= 0.6 is 12.4 Å². The topological polar surface area (TPSA) is 49.6 Å². The predicted molar refractivity (Wildman–Crippen MR) is 107 cm³/mol. The van der Waals surface area contributed by atoms with Crippen LogP contribution in [0.15, 0.2) is 18.2 Å². The summed E-state index contributed by atoms with van der Waals surface area (Å²) in [5.41, 5.74) is 8.95. The lowest BCUT2D eigenvalue weighted by Gasteiger charge is -2.42. The number of nitrogens with zero attached hydrogens (tertiary/aromatic N) is 2. The summed E-state index contributed by atoms with van der Waals surface area (Å²) in [5, 5.41) is 0. The third kappa shape index (κ3) is 5.77. The second kappa shape index (κ2) is 9.35. The zero-order valence-electron chi connectivity index (χ0n) is 16.2. The van der Waals surface area contributed by atoms with Gasteiger partial charge in [-0.15, -0.1) is 12.4 Å². The fourth-order valence-corrected chi connectivity index (χ4v) is 4.30. The Balaban J connectivity index is 0.000000291. The molecule has 1 saturated heterocycles. The van der Waals surface area contributed by atoms with Gasteiger partial charge < -0.3 is 10.6 Å². The van der Waals surface area contributed by atoms with E-state index in [4.69, 9.17) is 5.73 Å². The largest absolute Gasteiger partial charge is 0.398 e. The van der Waals surface area contributed by atoms with Gasteiger partial charge in [0.2, 0.25) is 5.91 Å². The summed E-state index contributed by atoms with van der Waals surface area (Å²) in [7, 11) is 1.53. The molecule has 158 valence electrons. The molecule has 28 heavy (non-hydrogen) atoms. The summed E-state index contributed by atoms with van der Waals surface area (Å²) in [6.07, 6.45) is 0.482. The molecule has 0 aromatic rings. The van der Waals surface area contributed by atoms with Gasteiger partial charge in [0.1, 0.15) is 6.42 Å². The first-order valence-corrected chi connectivity index (χ1v) is 9.72. The van der Waals surface area contributed by atoms with Gasteiger partial charge in [0, 0.05) is 30.4 Å². The van der Waals surface area contributed by atoms with Crippen molar-refractivity contribution < 1.29 is 18.0 Å². The maximum absolute atomic E-state index is 12.4. The van der Waals surface area contributed by atoms with Crippen molar-refractivity contribution in [2.75, 3.05) is 25.9 Å². The van der Waals surface area contributed by atoms with E-state index in [9.17, 15) is 18.0 Å². The van der Waals surface area contributed by atoms with Crippen LogP contribution in [-0.2, 0) is 4.79 Å². The van der Waals surface area contributed by atoms with Gasteiger partial charge in [0.05, 0.1) is 0 Å². The first-order valence-electron chi connectivity index (χ1n) is 9.72. The standard InChI is InChI=1S/C14H23F3N2O.C6H5N.ClH/c1-18(13(20)10-14(15,16)17)11-6-2-3-7-12(11)19-8-4-5-9-19;7-6-2-1-4-3-5(4)6;/h11-12H,2-10H2,1H3;1-3H,7H2;1H. The molecule has 4 nitrogen and oxygen atoms in total. The highest BCUT2D eigenvalue weighted by atomic mass is 35.5. The molecule has 1 heterocycles. The Morgan fingerprint density at radius 2 is 1.82 bits per heavy atom. The van der Waals surface area contributed by atoms with Crippen molar-refractivity contribution in [2.45, 2.75) is 63.2 Å². The van der Waals surface area contributed by atoms with Gasteiger partial charge in [-0.2, -0.15) is 13.2 Å². The van der Waals surface area contributed by atoms with Crippen LogP contribution in [0, 0.1) is 0 Å². The minimum Gasteiger partial charge on any atom is -0.398 e. The van der Waals surface area contributed by atoms with E-state index in [0.29, 0.717) is 0 Å². The van der Waals surface area contributed by atoms with Crippen LogP contribution in [-0.4, -0.2) is 54.1 Å². The second-order valence-electron chi connectivity index (χ2n) is 7.76. The molecule has 0 radical (unpaired) electrons. The quantitative estimate of drug-likeness (QED) is 0.746. The molecular weight excluding hydrogens is 391 g/mol. The number of anilines is 1. The van der Waals surface area contributed by atoms with E-state index >= 15 is 0 Å². The van der Waals surface area contributed by atoms with Gasteiger partial charge in [-0.05, 0) is 56.5 Å². The molecule has 2 atom stereocenters. The van der Waals surface area contributed by atoms with E-state index in [1.807, 2.05) is 12.1 Å². The minimum atomic E-state index is -4.41. The van der Waals surface area contributed by atoms with E-state index in [1.54, 1.807) is 0 Å². The Kier molecular flexibility index (Phi) is 7.62. The zero-order chi connectivity index (χ0) is 19.6. The maximum Gasteiger partial charge on any atom is 0.397 e. The number of carbonyl (C=O) groups is 1. The van der Waals surface area contributed by atoms with Crippen LogP contribution in [0.2, 0.25) is 0 Å². The number of benzene rings is 1. The third-order valence-corrected chi connectivity index (χ3v) is 5.83. The van der Waals surface area contributed by atoms with Gasteiger partial charge in [-0.3, -0.25) is 9.69 Å².